The highest BCUT2D eigenvalue weighted by Crippen LogP contribution is 2.31. The first kappa shape index (κ1) is 20.9. The van der Waals surface area contributed by atoms with Crippen LogP contribution in [-0.4, -0.2) is 49.8 Å². The van der Waals surface area contributed by atoms with Gasteiger partial charge in [-0.25, -0.2) is 9.97 Å². The maximum Gasteiger partial charge on any atom is 0.260 e. The second kappa shape index (κ2) is 8.53. The lowest BCUT2D eigenvalue weighted by molar-refractivity contribution is 0.102. The van der Waals surface area contributed by atoms with Crippen LogP contribution in [0.2, 0.25) is 0 Å². The van der Waals surface area contributed by atoms with Gasteiger partial charge in [-0.3, -0.25) is 15.2 Å². The molecular weight excluding hydrogens is 422 g/mol. The van der Waals surface area contributed by atoms with Crippen molar-refractivity contribution >= 4 is 23.0 Å². The van der Waals surface area contributed by atoms with Crippen LogP contribution in [0.3, 0.4) is 0 Å². The van der Waals surface area contributed by atoms with Gasteiger partial charge in [0.05, 0.1) is 25.3 Å². The number of nitrogens with one attached hydrogen (secondary N) is 2. The monoisotopic (exact) mass is 447 g/mol. The summed E-state index contributed by atoms with van der Waals surface area (Å²) in [6.45, 7) is 2.76. The summed E-state index contributed by atoms with van der Waals surface area (Å²) in [6.07, 6.45) is 4.25. The van der Waals surface area contributed by atoms with Crippen molar-refractivity contribution in [3.05, 3.63) is 41.3 Å². The molecular formula is C23H25N7O3. The summed E-state index contributed by atoms with van der Waals surface area (Å²) in [5, 5.41) is 9.80. The molecule has 10 nitrogen and oxygen atoms in total. The van der Waals surface area contributed by atoms with Gasteiger partial charge in [0.25, 0.3) is 5.91 Å². The summed E-state index contributed by atoms with van der Waals surface area (Å²) in [7, 11) is 3.16. The van der Waals surface area contributed by atoms with Gasteiger partial charge in [0.2, 0.25) is 5.95 Å². The maximum atomic E-state index is 13.2. The molecule has 1 aromatic carbocycles. The SMILES string of the molecule is COc1ccc(-c2nc(NC(=O)c3cc(C)nc4c3nc3n4CCCCC3)n[nH]2)c(OC)c1. The number of aromatic amines is 1. The van der Waals surface area contributed by atoms with Crippen molar-refractivity contribution in [2.75, 3.05) is 19.5 Å². The Morgan fingerprint density at radius 3 is 2.79 bits per heavy atom. The summed E-state index contributed by atoms with van der Waals surface area (Å²) < 4.78 is 12.8. The number of amides is 1. The van der Waals surface area contributed by atoms with Crippen LogP contribution in [-0.2, 0) is 13.0 Å². The van der Waals surface area contributed by atoms with E-state index in [2.05, 4.69) is 30.0 Å². The first-order valence-corrected chi connectivity index (χ1v) is 10.9. The average molecular weight is 447 g/mol. The number of hydrogen-bond acceptors (Lipinski definition) is 7. The maximum absolute atomic E-state index is 13.2. The van der Waals surface area contributed by atoms with Crippen molar-refractivity contribution in [2.45, 2.75) is 39.2 Å². The van der Waals surface area contributed by atoms with Gasteiger partial charge in [0, 0.05) is 24.7 Å². The molecule has 0 radical (unpaired) electrons. The third-order valence-corrected chi connectivity index (χ3v) is 5.81. The zero-order chi connectivity index (χ0) is 22.9. The second-order valence-corrected chi connectivity index (χ2v) is 8.00. The molecule has 3 aromatic heterocycles. The van der Waals surface area contributed by atoms with E-state index in [1.54, 1.807) is 32.4 Å². The van der Waals surface area contributed by atoms with Crippen LogP contribution < -0.4 is 14.8 Å². The van der Waals surface area contributed by atoms with Crippen molar-refractivity contribution in [1.29, 1.82) is 0 Å². The number of imidazole rings is 1. The Morgan fingerprint density at radius 1 is 1.09 bits per heavy atom. The Balaban J connectivity index is 1.45. The van der Waals surface area contributed by atoms with Crippen LogP contribution in [0, 0.1) is 6.92 Å². The molecule has 0 saturated heterocycles. The molecule has 33 heavy (non-hydrogen) atoms. The minimum atomic E-state index is -0.328. The van der Waals surface area contributed by atoms with Crippen molar-refractivity contribution in [3.8, 4) is 22.9 Å². The molecule has 0 aliphatic carbocycles. The normalized spacial score (nSPS) is 13.4. The number of aryl methyl sites for hydroxylation is 3. The largest absolute Gasteiger partial charge is 0.497 e. The van der Waals surface area contributed by atoms with E-state index in [1.165, 1.54) is 6.42 Å². The third kappa shape index (κ3) is 3.88. The van der Waals surface area contributed by atoms with Gasteiger partial charge in [-0.2, -0.15) is 4.98 Å². The van der Waals surface area contributed by atoms with Crippen molar-refractivity contribution in [3.63, 3.8) is 0 Å². The second-order valence-electron chi connectivity index (χ2n) is 8.00. The van der Waals surface area contributed by atoms with Crippen LogP contribution in [0.5, 0.6) is 11.5 Å². The molecule has 0 unspecified atom stereocenters. The van der Waals surface area contributed by atoms with Crippen LogP contribution in [0.1, 0.15) is 41.1 Å². The molecule has 1 amide bonds. The van der Waals surface area contributed by atoms with E-state index in [0.29, 0.717) is 34.0 Å². The molecule has 5 rings (SSSR count). The van der Waals surface area contributed by atoms with E-state index in [1.807, 2.05) is 13.0 Å². The lowest BCUT2D eigenvalue weighted by Gasteiger charge is -2.08. The quantitative estimate of drug-likeness (QED) is 0.480. The van der Waals surface area contributed by atoms with Gasteiger partial charge < -0.3 is 14.0 Å². The first-order chi connectivity index (χ1) is 16.1. The summed E-state index contributed by atoms with van der Waals surface area (Å²) in [5.41, 5.74) is 3.30. The number of methoxy groups -OCH3 is 2. The number of carbonyl (C=O) groups excluding carboxylic acids is 1. The molecule has 0 bridgehead atoms. The fourth-order valence-electron chi connectivity index (χ4n) is 4.19. The number of fused-ring (bicyclic) bond motifs is 3. The van der Waals surface area contributed by atoms with E-state index in [4.69, 9.17) is 14.5 Å². The Morgan fingerprint density at radius 2 is 1.97 bits per heavy atom. The van der Waals surface area contributed by atoms with Gasteiger partial charge in [0.15, 0.2) is 11.5 Å². The van der Waals surface area contributed by atoms with Gasteiger partial charge >= 0.3 is 0 Å². The van der Waals surface area contributed by atoms with Gasteiger partial charge in [0.1, 0.15) is 22.8 Å². The highest BCUT2D eigenvalue weighted by Gasteiger charge is 2.22. The van der Waals surface area contributed by atoms with E-state index >= 15 is 0 Å². The summed E-state index contributed by atoms with van der Waals surface area (Å²) in [4.78, 5) is 27.1. The van der Waals surface area contributed by atoms with Crippen LogP contribution >= 0.6 is 0 Å². The van der Waals surface area contributed by atoms with E-state index < -0.39 is 0 Å². The smallest absolute Gasteiger partial charge is 0.260 e. The summed E-state index contributed by atoms with van der Waals surface area (Å²) in [5.74, 6) is 2.53. The average Bonchev–Trinajstić information content (AvgIpc) is 3.34. The topological polar surface area (TPSA) is 120 Å². The number of carbonyl (C=O) groups is 1. The van der Waals surface area contributed by atoms with Gasteiger partial charge in [-0.15, -0.1) is 5.10 Å². The first-order valence-electron chi connectivity index (χ1n) is 10.9. The molecule has 0 saturated carbocycles. The molecule has 170 valence electrons. The number of aromatic nitrogens is 6. The third-order valence-electron chi connectivity index (χ3n) is 5.81. The van der Waals surface area contributed by atoms with Crippen molar-refractivity contribution in [2.24, 2.45) is 0 Å². The Labute approximate surface area is 190 Å². The zero-order valence-electron chi connectivity index (χ0n) is 18.8. The molecule has 4 aromatic rings. The van der Waals surface area contributed by atoms with Crippen LogP contribution in [0.25, 0.3) is 22.6 Å². The molecule has 1 aliphatic rings. The number of pyridine rings is 1. The molecule has 0 atom stereocenters. The number of hydrogen-bond donors (Lipinski definition) is 2. The minimum Gasteiger partial charge on any atom is -0.497 e. The fraction of sp³-hybridized carbons (Fsp3) is 0.348. The van der Waals surface area contributed by atoms with Crippen LogP contribution in [0.4, 0.5) is 5.95 Å². The van der Waals surface area contributed by atoms with Crippen LogP contribution in [0.15, 0.2) is 24.3 Å². The number of ether oxygens (including phenoxy) is 2. The molecule has 10 heteroatoms. The van der Waals surface area contributed by atoms with Crippen molar-refractivity contribution in [1.82, 2.24) is 29.7 Å². The minimum absolute atomic E-state index is 0.163. The van der Waals surface area contributed by atoms with Gasteiger partial charge in [-0.05, 0) is 38.0 Å². The molecule has 1 aliphatic heterocycles. The molecule has 0 fully saturated rings. The highest BCUT2D eigenvalue weighted by molar-refractivity contribution is 6.10. The molecule has 4 heterocycles. The zero-order valence-corrected chi connectivity index (χ0v) is 18.8. The van der Waals surface area contributed by atoms with E-state index in [0.717, 1.165) is 43.0 Å². The Kier molecular flexibility index (Phi) is 5.41. The summed E-state index contributed by atoms with van der Waals surface area (Å²) in [6, 6.07) is 7.13. The van der Waals surface area contributed by atoms with E-state index in [-0.39, 0.29) is 11.9 Å². The number of H-pyrrole nitrogens is 1. The molecule has 2 N–H and O–H groups in total. The lowest BCUT2D eigenvalue weighted by atomic mass is 10.2. The Bertz CT molecular complexity index is 1340. The lowest BCUT2D eigenvalue weighted by Crippen LogP contribution is -2.14. The molecule has 0 spiro atoms. The number of nitrogens with zero attached hydrogens (tertiary/aromatic N) is 5. The number of anilines is 1. The predicted molar refractivity (Wildman–Crippen MR) is 123 cm³/mol. The Hall–Kier alpha value is -3.95. The van der Waals surface area contributed by atoms with Crippen molar-refractivity contribution < 1.29 is 14.3 Å². The highest BCUT2D eigenvalue weighted by atomic mass is 16.5. The number of benzene rings is 1. The predicted octanol–water partition coefficient (Wildman–Crippen LogP) is 3.52. The number of rotatable bonds is 5. The van der Waals surface area contributed by atoms with E-state index in [9.17, 15) is 4.79 Å². The summed E-state index contributed by atoms with van der Waals surface area (Å²) >= 11 is 0. The van der Waals surface area contributed by atoms with Gasteiger partial charge in [-0.1, -0.05) is 6.42 Å². The fourth-order valence-corrected chi connectivity index (χ4v) is 4.19. The standard InChI is InChI=1S/C23H25N7O3/c1-13-11-16(19-21(24-13)30-10-6-4-5-7-18(30)25-19)22(31)27-23-26-20(28-29-23)15-9-8-14(32-2)12-17(15)33-3/h8-9,11-12H,4-7,10H2,1-3H3,(H2,26,27,28,29,31).